The Bertz CT molecular complexity index is 1900. The number of hydrogen-bond acceptors (Lipinski definition) is 4. The lowest BCUT2D eigenvalue weighted by Gasteiger charge is -2.11. The quantitative estimate of drug-likeness (QED) is 0.325. The summed E-state index contributed by atoms with van der Waals surface area (Å²) in [6, 6.07) is 37.2. The summed E-state index contributed by atoms with van der Waals surface area (Å²) in [4.78, 5) is 28.5. The van der Waals surface area contributed by atoms with E-state index >= 15 is 0 Å². The second-order valence-corrected chi connectivity index (χ2v) is 8.56. The van der Waals surface area contributed by atoms with E-state index in [1.165, 1.54) is 0 Å². The molecule has 0 fully saturated rings. The average Bonchev–Trinajstić information content (AvgIpc) is 3.28. The molecule has 6 heteroatoms. The molecule has 4 aromatic carbocycles. The molecule has 0 N–H and O–H groups in total. The number of hydrogen-bond donors (Lipinski definition) is 0. The highest BCUT2D eigenvalue weighted by atomic mass is 16.1. The van der Waals surface area contributed by atoms with E-state index in [2.05, 4.69) is 0 Å². The molecule has 36 heavy (non-hydrogen) atoms. The van der Waals surface area contributed by atoms with Gasteiger partial charge in [-0.1, -0.05) is 84.9 Å². The molecule has 0 aliphatic carbocycles. The highest BCUT2D eigenvalue weighted by Gasteiger charge is 2.20. The van der Waals surface area contributed by atoms with Gasteiger partial charge in [0.05, 0.1) is 33.3 Å². The summed E-state index contributed by atoms with van der Waals surface area (Å²) in [6.07, 6.45) is 0. The Morgan fingerprint density at radius 1 is 0.556 bits per heavy atom. The molecule has 0 aliphatic heterocycles. The second kappa shape index (κ2) is 7.99. The van der Waals surface area contributed by atoms with Gasteiger partial charge in [-0.3, -0.25) is 4.79 Å². The number of para-hydroxylation sites is 3. The Morgan fingerprint density at radius 3 is 1.78 bits per heavy atom. The van der Waals surface area contributed by atoms with Gasteiger partial charge in [0.1, 0.15) is 0 Å². The van der Waals surface area contributed by atoms with Crippen LogP contribution < -0.4 is 5.56 Å². The van der Waals surface area contributed by atoms with E-state index in [9.17, 15) is 4.79 Å². The van der Waals surface area contributed by atoms with Crippen molar-refractivity contribution in [3.63, 3.8) is 0 Å². The Balaban J connectivity index is 1.62. The number of rotatable bonds is 3. The predicted molar refractivity (Wildman–Crippen MR) is 142 cm³/mol. The van der Waals surface area contributed by atoms with Gasteiger partial charge in [-0.05, 0) is 30.3 Å². The third kappa shape index (κ3) is 3.12. The molecule has 3 heterocycles. The van der Waals surface area contributed by atoms with Crippen molar-refractivity contribution in [3.05, 3.63) is 126 Å². The lowest BCUT2D eigenvalue weighted by Crippen LogP contribution is -2.15. The Labute approximate surface area is 205 Å². The lowest BCUT2D eigenvalue weighted by molar-refractivity contribution is 0.955. The van der Waals surface area contributed by atoms with Crippen LogP contribution in [0.3, 0.4) is 0 Å². The van der Waals surface area contributed by atoms with Crippen LogP contribution in [-0.4, -0.2) is 23.9 Å². The summed E-state index contributed by atoms with van der Waals surface area (Å²) in [5.74, 6) is 0.931. The van der Waals surface area contributed by atoms with Gasteiger partial charge in [-0.25, -0.2) is 23.9 Å². The molecule has 0 saturated heterocycles. The van der Waals surface area contributed by atoms with Gasteiger partial charge in [0.15, 0.2) is 0 Å². The monoisotopic (exact) mass is 465 g/mol. The maximum atomic E-state index is 13.6. The van der Waals surface area contributed by atoms with Gasteiger partial charge >= 0.3 is 0 Å². The van der Waals surface area contributed by atoms with Gasteiger partial charge in [-0.2, -0.15) is 0 Å². The van der Waals surface area contributed by atoms with Crippen molar-refractivity contribution >= 4 is 27.7 Å². The van der Waals surface area contributed by atoms with E-state index in [0.717, 1.165) is 33.5 Å². The third-order valence-corrected chi connectivity index (χ3v) is 6.37. The van der Waals surface area contributed by atoms with Gasteiger partial charge in [0.2, 0.25) is 11.7 Å². The van der Waals surface area contributed by atoms with Crippen LogP contribution >= 0.6 is 0 Å². The number of benzene rings is 4. The van der Waals surface area contributed by atoms with E-state index in [1.807, 2.05) is 120 Å². The first kappa shape index (κ1) is 20.3. The van der Waals surface area contributed by atoms with Crippen molar-refractivity contribution in [1.29, 1.82) is 0 Å². The molecule has 0 aliphatic rings. The summed E-state index contributed by atoms with van der Waals surface area (Å²) in [5, 5.41) is 0.571. The van der Waals surface area contributed by atoms with Crippen LogP contribution in [0.25, 0.3) is 56.2 Å². The highest BCUT2D eigenvalue weighted by Crippen LogP contribution is 2.28. The number of aromatic nitrogens is 5. The minimum Gasteiger partial charge on any atom is -0.268 e. The van der Waals surface area contributed by atoms with E-state index < -0.39 is 0 Å². The molecule has 170 valence electrons. The molecule has 0 bridgehead atoms. The van der Waals surface area contributed by atoms with Gasteiger partial charge < -0.3 is 0 Å². The SMILES string of the molecule is O=c1c2ccccc2nc2n(-c3nc(-c4ccccc4)cc(-c4ccccc4)n3)c3ccccc3n12. The standard InChI is InChI=1S/C30H19N5O/c36-28-22-15-7-8-16-23(22)33-30-34(28)26-17-9-10-18-27(26)35(30)29-31-24(20-11-3-1-4-12-20)19-25(32-29)21-13-5-2-6-14-21/h1-19H. The fourth-order valence-corrected chi connectivity index (χ4v) is 4.68. The zero-order valence-corrected chi connectivity index (χ0v) is 19.1. The minimum atomic E-state index is -0.118. The molecule has 7 rings (SSSR count). The van der Waals surface area contributed by atoms with Gasteiger partial charge in [0, 0.05) is 11.1 Å². The maximum absolute atomic E-state index is 13.6. The van der Waals surface area contributed by atoms with E-state index in [1.54, 1.807) is 4.40 Å². The predicted octanol–water partition coefficient (Wildman–Crippen LogP) is 5.92. The molecule has 0 amide bonds. The fourth-order valence-electron chi connectivity index (χ4n) is 4.68. The van der Waals surface area contributed by atoms with Gasteiger partial charge in [-0.15, -0.1) is 0 Å². The van der Waals surface area contributed by atoms with E-state index in [4.69, 9.17) is 15.0 Å². The van der Waals surface area contributed by atoms with Crippen molar-refractivity contribution in [2.45, 2.75) is 0 Å². The minimum absolute atomic E-state index is 0.118. The topological polar surface area (TPSA) is 65.1 Å². The van der Waals surface area contributed by atoms with Crippen molar-refractivity contribution in [1.82, 2.24) is 23.9 Å². The van der Waals surface area contributed by atoms with Crippen LogP contribution in [0.4, 0.5) is 0 Å². The molecular formula is C30H19N5O. The summed E-state index contributed by atoms with van der Waals surface area (Å²) in [6.45, 7) is 0. The number of imidazole rings is 1. The second-order valence-electron chi connectivity index (χ2n) is 8.56. The van der Waals surface area contributed by atoms with E-state index in [-0.39, 0.29) is 5.56 Å². The van der Waals surface area contributed by atoms with Crippen molar-refractivity contribution in [2.75, 3.05) is 0 Å². The zero-order chi connectivity index (χ0) is 24.1. The first-order chi connectivity index (χ1) is 17.8. The van der Waals surface area contributed by atoms with Gasteiger partial charge in [0.25, 0.3) is 5.56 Å². The van der Waals surface area contributed by atoms with Crippen LogP contribution in [0, 0.1) is 0 Å². The summed E-state index contributed by atoms with van der Waals surface area (Å²) in [5.41, 5.74) is 5.62. The van der Waals surface area contributed by atoms with Crippen LogP contribution in [0.2, 0.25) is 0 Å². The average molecular weight is 466 g/mol. The molecule has 3 aromatic heterocycles. The Morgan fingerprint density at radius 2 is 1.11 bits per heavy atom. The first-order valence-electron chi connectivity index (χ1n) is 11.7. The van der Waals surface area contributed by atoms with E-state index in [0.29, 0.717) is 22.6 Å². The Hall–Kier alpha value is -5.10. The Kier molecular flexibility index (Phi) is 4.50. The maximum Gasteiger partial charge on any atom is 0.267 e. The van der Waals surface area contributed by atoms with Crippen molar-refractivity contribution < 1.29 is 0 Å². The molecule has 0 unspecified atom stereocenters. The molecule has 0 atom stereocenters. The summed E-state index contributed by atoms with van der Waals surface area (Å²) < 4.78 is 3.53. The largest absolute Gasteiger partial charge is 0.268 e. The zero-order valence-electron chi connectivity index (χ0n) is 19.1. The summed E-state index contributed by atoms with van der Waals surface area (Å²) >= 11 is 0. The third-order valence-electron chi connectivity index (χ3n) is 6.37. The van der Waals surface area contributed by atoms with Crippen molar-refractivity contribution in [3.8, 4) is 28.5 Å². The lowest BCUT2D eigenvalue weighted by atomic mass is 10.1. The number of fused-ring (bicyclic) bond motifs is 4. The molecule has 0 saturated carbocycles. The molecule has 6 nitrogen and oxygen atoms in total. The van der Waals surface area contributed by atoms with Crippen LogP contribution in [0.5, 0.6) is 0 Å². The molecule has 0 spiro atoms. The fraction of sp³-hybridized carbons (Fsp3) is 0. The highest BCUT2D eigenvalue weighted by molar-refractivity contribution is 5.87. The number of nitrogens with zero attached hydrogens (tertiary/aromatic N) is 5. The van der Waals surface area contributed by atoms with Crippen LogP contribution in [0.15, 0.2) is 120 Å². The summed E-state index contributed by atoms with van der Waals surface area (Å²) in [7, 11) is 0. The molecule has 7 aromatic rings. The molecular weight excluding hydrogens is 446 g/mol. The first-order valence-corrected chi connectivity index (χ1v) is 11.7. The smallest absolute Gasteiger partial charge is 0.267 e. The van der Waals surface area contributed by atoms with Crippen LogP contribution in [0.1, 0.15) is 0 Å². The normalized spacial score (nSPS) is 11.4. The van der Waals surface area contributed by atoms with Crippen LogP contribution in [-0.2, 0) is 0 Å². The van der Waals surface area contributed by atoms with Crippen molar-refractivity contribution in [2.24, 2.45) is 0 Å². The molecule has 0 radical (unpaired) electrons.